The Balaban J connectivity index is 2.86. The third kappa shape index (κ3) is 4.03. The number of nitrogens with one attached hydrogen (secondary N) is 1. The van der Waals surface area contributed by atoms with Crippen molar-refractivity contribution in [3.05, 3.63) is 23.4 Å². The van der Waals surface area contributed by atoms with E-state index in [1.54, 1.807) is 6.92 Å². The molecule has 1 aromatic rings. The first-order valence-electron chi connectivity index (χ1n) is 5.66. The average Bonchev–Trinajstić information content (AvgIpc) is 2.27. The van der Waals surface area contributed by atoms with Gasteiger partial charge in [-0.3, -0.25) is 0 Å². The Morgan fingerprint density at radius 1 is 1.53 bits per heavy atom. The minimum Gasteiger partial charge on any atom is -0.478 e. The number of aromatic nitrogens is 1. The van der Waals surface area contributed by atoms with E-state index in [4.69, 9.17) is 10.2 Å². The number of hydrogen-bond donors (Lipinski definition) is 3. The average molecular weight is 238 g/mol. The summed E-state index contributed by atoms with van der Waals surface area (Å²) < 4.78 is 0. The standard InChI is InChI=1S/C12H18N2O3/c1-3-10(4-5-15)14-11-7-9(12(16)17)6-8(2)13-11/h6-7,10,15H,3-5H2,1-2H3,(H,13,14)(H,16,17). The van der Waals surface area contributed by atoms with Crippen molar-refractivity contribution in [2.45, 2.75) is 32.7 Å². The highest BCUT2D eigenvalue weighted by Crippen LogP contribution is 2.13. The molecular weight excluding hydrogens is 220 g/mol. The van der Waals surface area contributed by atoms with E-state index in [2.05, 4.69) is 10.3 Å². The molecule has 0 radical (unpaired) electrons. The molecule has 5 nitrogen and oxygen atoms in total. The Morgan fingerprint density at radius 2 is 2.24 bits per heavy atom. The van der Waals surface area contributed by atoms with Gasteiger partial charge >= 0.3 is 5.97 Å². The monoisotopic (exact) mass is 238 g/mol. The molecule has 0 aliphatic heterocycles. The van der Waals surface area contributed by atoms with Gasteiger partial charge in [0.05, 0.1) is 5.56 Å². The molecule has 0 bridgehead atoms. The van der Waals surface area contributed by atoms with Crippen LogP contribution in [-0.2, 0) is 0 Å². The van der Waals surface area contributed by atoms with Crippen LogP contribution in [0.25, 0.3) is 0 Å². The quantitative estimate of drug-likeness (QED) is 0.702. The molecule has 1 atom stereocenters. The summed E-state index contributed by atoms with van der Waals surface area (Å²) >= 11 is 0. The SMILES string of the molecule is CCC(CCO)Nc1cc(C(=O)O)cc(C)n1. The Morgan fingerprint density at radius 3 is 2.76 bits per heavy atom. The van der Waals surface area contributed by atoms with Crippen LogP contribution < -0.4 is 5.32 Å². The first-order valence-corrected chi connectivity index (χ1v) is 5.66. The lowest BCUT2D eigenvalue weighted by molar-refractivity contribution is 0.0696. The van der Waals surface area contributed by atoms with E-state index in [0.29, 0.717) is 17.9 Å². The van der Waals surface area contributed by atoms with E-state index in [9.17, 15) is 4.79 Å². The molecule has 0 saturated carbocycles. The zero-order valence-corrected chi connectivity index (χ0v) is 10.1. The number of carboxylic acids is 1. The van der Waals surface area contributed by atoms with Crippen molar-refractivity contribution in [2.24, 2.45) is 0 Å². The molecular formula is C12H18N2O3. The molecule has 0 aliphatic carbocycles. The first-order chi connectivity index (χ1) is 8.06. The van der Waals surface area contributed by atoms with Gasteiger partial charge in [-0.25, -0.2) is 9.78 Å². The van der Waals surface area contributed by atoms with Gasteiger partial charge in [0, 0.05) is 18.3 Å². The summed E-state index contributed by atoms with van der Waals surface area (Å²) in [6, 6.07) is 3.14. The number of carboxylic acid groups (broad SMARTS) is 1. The molecule has 0 aliphatic rings. The van der Waals surface area contributed by atoms with Crippen LogP contribution in [0.15, 0.2) is 12.1 Å². The summed E-state index contributed by atoms with van der Waals surface area (Å²) in [5.41, 5.74) is 0.880. The van der Waals surface area contributed by atoms with Gasteiger partial charge in [0.2, 0.25) is 0 Å². The van der Waals surface area contributed by atoms with Gasteiger partial charge in [0.15, 0.2) is 0 Å². The van der Waals surface area contributed by atoms with Crippen molar-refractivity contribution in [2.75, 3.05) is 11.9 Å². The van der Waals surface area contributed by atoms with Gasteiger partial charge in [-0.15, -0.1) is 0 Å². The van der Waals surface area contributed by atoms with E-state index in [-0.39, 0.29) is 18.2 Å². The number of aliphatic hydroxyl groups is 1. The number of aliphatic hydroxyl groups excluding tert-OH is 1. The van der Waals surface area contributed by atoms with E-state index >= 15 is 0 Å². The van der Waals surface area contributed by atoms with Crippen LogP contribution in [0.1, 0.15) is 35.8 Å². The lowest BCUT2D eigenvalue weighted by atomic mass is 10.1. The third-order valence-corrected chi connectivity index (χ3v) is 2.52. The normalized spacial score (nSPS) is 12.2. The summed E-state index contributed by atoms with van der Waals surface area (Å²) in [7, 11) is 0. The molecule has 1 unspecified atom stereocenters. The smallest absolute Gasteiger partial charge is 0.335 e. The van der Waals surface area contributed by atoms with E-state index in [1.807, 2.05) is 6.92 Å². The fourth-order valence-electron chi connectivity index (χ4n) is 1.61. The summed E-state index contributed by atoms with van der Waals surface area (Å²) in [4.78, 5) is 15.1. The number of carbonyl (C=O) groups is 1. The fourth-order valence-corrected chi connectivity index (χ4v) is 1.61. The lowest BCUT2D eigenvalue weighted by Gasteiger charge is -2.17. The zero-order chi connectivity index (χ0) is 12.8. The van der Waals surface area contributed by atoms with Crippen molar-refractivity contribution in [1.82, 2.24) is 4.98 Å². The van der Waals surface area contributed by atoms with Crippen molar-refractivity contribution in [3.63, 3.8) is 0 Å². The molecule has 17 heavy (non-hydrogen) atoms. The number of nitrogens with zero attached hydrogens (tertiary/aromatic N) is 1. The van der Waals surface area contributed by atoms with Gasteiger partial charge in [-0.2, -0.15) is 0 Å². The molecule has 1 aromatic heterocycles. The number of rotatable bonds is 6. The van der Waals surface area contributed by atoms with E-state index in [0.717, 1.165) is 6.42 Å². The number of hydrogen-bond acceptors (Lipinski definition) is 4. The van der Waals surface area contributed by atoms with Gasteiger partial charge < -0.3 is 15.5 Å². The third-order valence-electron chi connectivity index (χ3n) is 2.52. The molecule has 3 N–H and O–H groups in total. The van der Waals surface area contributed by atoms with Crippen LogP contribution >= 0.6 is 0 Å². The first kappa shape index (κ1) is 13.4. The number of aromatic carboxylic acids is 1. The molecule has 0 fully saturated rings. The number of aryl methyl sites for hydroxylation is 1. The number of pyridine rings is 1. The highest BCUT2D eigenvalue weighted by molar-refractivity contribution is 5.88. The fraction of sp³-hybridized carbons (Fsp3) is 0.500. The minimum absolute atomic E-state index is 0.100. The van der Waals surface area contributed by atoms with Crippen molar-refractivity contribution >= 4 is 11.8 Å². The van der Waals surface area contributed by atoms with Crippen LogP contribution in [-0.4, -0.2) is 33.8 Å². The van der Waals surface area contributed by atoms with Crippen LogP contribution in [0.4, 0.5) is 5.82 Å². The maximum Gasteiger partial charge on any atom is 0.335 e. The predicted molar refractivity (Wildman–Crippen MR) is 65.3 cm³/mol. The van der Waals surface area contributed by atoms with Gasteiger partial charge in [-0.05, 0) is 31.9 Å². The van der Waals surface area contributed by atoms with Crippen LogP contribution in [0.2, 0.25) is 0 Å². The second-order valence-electron chi connectivity index (χ2n) is 3.95. The van der Waals surface area contributed by atoms with Crippen LogP contribution in [0.3, 0.4) is 0 Å². The second kappa shape index (κ2) is 6.20. The zero-order valence-electron chi connectivity index (χ0n) is 10.1. The topological polar surface area (TPSA) is 82.5 Å². The summed E-state index contributed by atoms with van der Waals surface area (Å²) in [6.07, 6.45) is 1.47. The maximum atomic E-state index is 10.9. The van der Waals surface area contributed by atoms with Crippen molar-refractivity contribution in [3.8, 4) is 0 Å². The number of anilines is 1. The second-order valence-corrected chi connectivity index (χ2v) is 3.95. The molecule has 0 saturated heterocycles. The molecule has 94 valence electrons. The summed E-state index contributed by atoms with van der Waals surface area (Å²) in [5.74, 6) is -0.420. The lowest BCUT2D eigenvalue weighted by Crippen LogP contribution is -2.21. The molecule has 0 spiro atoms. The summed E-state index contributed by atoms with van der Waals surface area (Å²) in [5, 5.41) is 21.0. The Labute approximate surface area is 101 Å². The molecule has 0 aromatic carbocycles. The van der Waals surface area contributed by atoms with E-state index < -0.39 is 5.97 Å². The molecule has 0 amide bonds. The van der Waals surface area contributed by atoms with Crippen molar-refractivity contribution < 1.29 is 15.0 Å². The highest BCUT2D eigenvalue weighted by atomic mass is 16.4. The van der Waals surface area contributed by atoms with Crippen LogP contribution in [0.5, 0.6) is 0 Å². The van der Waals surface area contributed by atoms with Gasteiger partial charge in [-0.1, -0.05) is 6.92 Å². The minimum atomic E-state index is -0.964. The Kier molecular flexibility index (Phi) is 4.90. The Bertz CT molecular complexity index is 393. The molecule has 1 heterocycles. The van der Waals surface area contributed by atoms with Gasteiger partial charge in [0.25, 0.3) is 0 Å². The largest absolute Gasteiger partial charge is 0.478 e. The maximum absolute atomic E-state index is 10.9. The predicted octanol–water partition coefficient (Wildman–Crippen LogP) is 1.66. The highest BCUT2D eigenvalue weighted by Gasteiger charge is 2.10. The van der Waals surface area contributed by atoms with Crippen LogP contribution in [0, 0.1) is 6.92 Å². The molecule has 5 heteroatoms. The molecule has 1 rings (SSSR count). The van der Waals surface area contributed by atoms with Gasteiger partial charge in [0.1, 0.15) is 5.82 Å². The summed E-state index contributed by atoms with van der Waals surface area (Å²) in [6.45, 7) is 3.86. The van der Waals surface area contributed by atoms with Crippen molar-refractivity contribution in [1.29, 1.82) is 0 Å². The Hall–Kier alpha value is -1.62. The van der Waals surface area contributed by atoms with E-state index in [1.165, 1.54) is 12.1 Å².